The summed E-state index contributed by atoms with van der Waals surface area (Å²) in [5.41, 5.74) is 0. The Balaban J connectivity index is 1.84. The maximum absolute atomic E-state index is 11.4. The van der Waals surface area contributed by atoms with E-state index in [1.54, 1.807) is 0 Å². The average Bonchev–Trinajstić information content (AvgIpc) is 2.71. The smallest absolute Gasteiger partial charge is 0.150 e. The van der Waals surface area contributed by atoms with Crippen LogP contribution in [0.25, 0.3) is 0 Å². The van der Waals surface area contributed by atoms with Crippen LogP contribution in [-0.2, 0) is 0 Å². The summed E-state index contributed by atoms with van der Waals surface area (Å²) in [5.74, 6) is 6.06. The van der Waals surface area contributed by atoms with Gasteiger partial charge in [-0.15, -0.1) is 5.92 Å². The number of alkyl halides is 1. The van der Waals surface area contributed by atoms with Crippen LogP contribution in [-0.4, -0.2) is 6.67 Å². The van der Waals surface area contributed by atoms with Gasteiger partial charge in [-0.05, 0) is 31.6 Å². The molecule has 1 aliphatic rings. The highest BCUT2D eigenvalue weighted by molar-refractivity contribution is 5.00. The topological polar surface area (TPSA) is 0 Å². The normalized spacial score (nSPS) is 16.1. The van der Waals surface area contributed by atoms with Gasteiger partial charge in [-0.1, -0.05) is 5.92 Å². The van der Waals surface area contributed by atoms with E-state index < -0.39 is 6.67 Å². The third-order valence-corrected chi connectivity index (χ3v) is 1.64. The van der Waals surface area contributed by atoms with Gasteiger partial charge in [0, 0.05) is 6.42 Å². The van der Waals surface area contributed by atoms with Gasteiger partial charge in [0.1, 0.15) is 6.67 Å². The lowest BCUT2D eigenvalue weighted by molar-refractivity contribution is 0.572. The van der Waals surface area contributed by atoms with Crippen molar-refractivity contribution >= 4 is 0 Å². The molecule has 1 heteroatoms. The molecular weight excluding hydrogens is 127 g/mol. The first-order chi connectivity index (χ1) is 4.93. The zero-order valence-corrected chi connectivity index (χ0v) is 6.07. The van der Waals surface area contributed by atoms with Gasteiger partial charge >= 0.3 is 0 Å². The van der Waals surface area contributed by atoms with Gasteiger partial charge in [-0.3, -0.25) is 0 Å². The maximum atomic E-state index is 11.4. The lowest BCUT2D eigenvalue weighted by atomic mass is 10.2. The second-order valence-electron chi connectivity index (χ2n) is 2.61. The minimum Gasteiger partial charge on any atom is -0.237 e. The molecule has 0 aromatic rings. The molecule has 0 nitrogen and oxygen atoms in total. The van der Waals surface area contributed by atoms with Crippen molar-refractivity contribution in [3.8, 4) is 11.8 Å². The molecule has 1 saturated carbocycles. The van der Waals surface area contributed by atoms with E-state index in [2.05, 4.69) is 18.3 Å². The Labute approximate surface area is 61.8 Å². The molecule has 0 saturated heterocycles. The van der Waals surface area contributed by atoms with Crippen LogP contribution in [0, 0.1) is 24.2 Å². The standard InChI is InChI=1S/C9H12F/c10-8-4-2-1-3-5-9-6-7-9/h6,9H,1,3,5,7-8H2. The van der Waals surface area contributed by atoms with Crippen LogP contribution in [0.5, 0.6) is 0 Å². The van der Waals surface area contributed by atoms with Gasteiger partial charge in [0.2, 0.25) is 0 Å². The van der Waals surface area contributed by atoms with Gasteiger partial charge in [0.05, 0.1) is 0 Å². The van der Waals surface area contributed by atoms with Crippen LogP contribution in [0.4, 0.5) is 4.39 Å². The van der Waals surface area contributed by atoms with Crippen LogP contribution < -0.4 is 0 Å². The number of halogens is 1. The average molecular weight is 139 g/mol. The maximum Gasteiger partial charge on any atom is 0.150 e. The fraction of sp³-hybridized carbons (Fsp3) is 0.667. The van der Waals surface area contributed by atoms with E-state index in [1.807, 2.05) is 0 Å². The third kappa shape index (κ3) is 3.50. The summed E-state index contributed by atoms with van der Waals surface area (Å²) >= 11 is 0. The molecule has 0 aliphatic heterocycles. The molecule has 0 bridgehead atoms. The minimum atomic E-state index is -0.491. The lowest BCUT2D eigenvalue weighted by Crippen LogP contribution is -1.76. The van der Waals surface area contributed by atoms with E-state index in [4.69, 9.17) is 0 Å². The molecule has 0 heterocycles. The molecule has 1 rings (SSSR count). The molecule has 1 atom stereocenters. The van der Waals surface area contributed by atoms with Crippen molar-refractivity contribution in [2.24, 2.45) is 5.92 Å². The van der Waals surface area contributed by atoms with Gasteiger partial charge in [-0.2, -0.15) is 0 Å². The first-order valence-electron chi connectivity index (χ1n) is 3.78. The van der Waals surface area contributed by atoms with Crippen molar-refractivity contribution in [3.05, 3.63) is 6.42 Å². The summed E-state index contributed by atoms with van der Waals surface area (Å²) < 4.78 is 11.4. The summed E-state index contributed by atoms with van der Waals surface area (Å²) in [6.45, 7) is -0.491. The van der Waals surface area contributed by atoms with Crippen molar-refractivity contribution in [1.29, 1.82) is 0 Å². The van der Waals surface area contributed by atoms with E-state index in [1.165, 1.54) is 12.8 Å². The molecule has 55 valence electrons. The van der Waals surface area contributed by atoms with Gasteiger partial charge in [0.15, 0.2) is 0 Å². The zero-order valence-electron chi connectivity index (χ0n) is 6.07. The van der Waals surface area contributed by atoms with Crippen LogP contribution in [0.15, 0.2) is 0 Å². The fourth-order valence-electron chi connectivity index (χ4n) is 0.920. The Morgan fingerprint density at radius 1 is 1.50 bits per heavy atom. The molecule has 0 N–H and O–H groups in total. The van der Waals surface area contributed by atoms with E-state index in [0.717, 1.165) is 18.8 Å². The molecule has 1 unspecified atom stereocenters. The molecule has 1 radical (unpaired) electrons. The Morgan fingerprint density at radius 2 is 2.30 bits per heavy atom. The second kappa shape index (κ2) is 4.33. The number of rotatable bonds is 3. The predicted octanol–water partition coefficient (Wildman–Crippen LogP) is 2.35. The minimum absolute atomic E-state index is 0.491. The summed E-state index contributed by atoms with van der Waals surface area (Å²) in [4.78, 5) is 0. The van der Waals surface area contributed by atoms with Crippen molar-refractivity contribution in [1.82, 2.24) is 0 Å². The number of hydrogen-bond acceptors (Lipinski definition) is 0. The first kappa shape index (κ1) is 7.60. The van der Waals surface area contributed by atoms with Crippen LogP contribution in [0.3, 0.4) is 0 Å². The highest BCUT2D eigenvalue weighted by Crippen LogP contribution is 2.32. The summed E-state index contributed by atoms with van der Waals surface area (Å²) in [6.07, 6.45) is 6.85. The van der Waals surface area contributed by atoms with Crippen LogP contribution >= 0.6 is 0 Å². The van der Waals surface area contributed by atoms with Gasteiger partial charge < -0.3 is 0 Å². The Morgan fingerprint density at radius 3 is 2.90 bits per heavy atom. The van der Waals surface area contributed by atoms with E-state index >= 15 is 0 Å². The summed E-state index contributed by atoms with van der Waals surface area (Å²) in [7, 11) is 0. The molecule has 0 aromatic heterocycles. The van der Waals surface area contributed by atoms with Crippen molar-refractivity contribution in [3.63, 3.8) is 0 Å². The predicted molar refractivity (Wildman–Crippen MR) is 40.0 cm³/mol. The van der Waals surface area contributed by atoms with Crippen molar-refractivity contribution in [2.45, 2.75) is 25.7 Å². The lowest BCUT2D eigenvalue weighted by Gasteiger charge is -1.89. The largest absolute Gasteiger partial charge is 0.237 e. The third-order valence-electron chi connectivity index (χ3n) is 1.64. The molecule has 0 spiro atoms. The molecule has 0 amide bonds. The van der Waals surface area contributed by atoms with Gasteiger partial charge in [0.25, 0.3) is 0 Å². The Kier molecular flexibility index (Phi) is 3.29. The highest BCUT2D eigenvalue weighted by Gasteiger charge is 2.20. The highest BCUT2D eigenvalue weighted by atomic mass is 19.1. The van der Waals surface area contributed by atoms with Crippen molar-refractivity contribution in [2.75, 3.05) is 6.67 Å². The quantitative estimate of drug-likeness (QED) is 0.416. The molecule has 1 fully saturated rings. The number of unbranched alkanes of at least 4 members (excludes halogenated alkanes) is 1. The second-order valence-corrected chi connectivity index (χ2v) is 2.61. The van der Waals surface area contributed by atoms with Crippen molar-refractivity contribution < 1.29 is 4.39 Å². The SMILES string of the molecule is FCC#CCCCC1[CH]C1. The van der Waals surface area contributed by atoms with E-state index in [0.29, 0.717) is 0 Å². The molecule has 10 heavy (non-hydrogen) atoms. The van der Waals surface area contributed by atoms with Crippen LogP contribution in [0.1, 0.15) is 25.7 Å². The summed E-state index contributed by atoms with van der Waals surface area (Å²) in [5, 5.41) is 0. The molecular formula is C9H12F. The van der Waals surface area contributed by atoms with E-state index in [-0.39, 0.29) is 0 Å². The molecule has 1 aliphatic carbocycles. The Hall–Kier alpha value is -0.510. The molecule has 0 aromatic carbocycles. The van der Waals surface area contributed by atoms with Gasteiger partial charge in [-0.25, -0.2) is 4.39 Å². The van der Waals surface area contributed by atoms with E-state index in [9.17, 15) is 4.39 Å². The number of hydrogen-bond donors (Lipinski definition) is 0. The fourth-order valence-corrected chi connectivity index (χ4v) is 0.920. The van der Waals surface area contributed by atoms with Crippen LogP contribution in [0.2, 0.25) is 0 Å². The summed E-state index contributed by atoms with van der Waals surface area (Å²) in [6, 6.07) is 0. The zero-order chi connectivity index (χ0) is 7.23. The Bertz CT molecular complexity index is 137. The monoisotopic (exact) mass is 139 g/mol. The first-order valence-corrected chi connectivity index (χ1v) is 3.78.